The van der Waals surface area contributed by atoms with Crippen molar-refractivity contribution in [1.82, 2.24) is 9.55 Å². The second-order valence-electron chi connectivity index (χ2n) is 8.20. The number of benzene rings is 3. The van der Waals surface area contributed by atoms with E-state index >= 15 is 0 Å². The first kappa shape index (κ1) is 21.0. The SMILES string of the molecule is COc1ccc(-c2nc3ccccc3n2CCCOc2cc(C)ccc2C(C)C)cc1. The van der Waals surface area contributed by atoms with E-state index in [1.54, 1.807) is 7.11 Å². The number of hydrogen-bond acceptors (Lipinski definition) is 3. The molecule has 1 aromatic heterocycles. The van der Waals surface area contributed by atoms with Crippen LogP contribution >= 0.6 is 0 Å². The molecule has 0 amide bonds. The Hall–Kier alpha value is -3.27. The molecule has 0 unspecified atom stereocenters. The number of aryl methyl sites for hydroxylation is 2. The van der Waals surface area contributed by atoms with E-state index in [1.165, 1.54) is 11.1 Å². The third kappa shape index (κ3) is 4.58. The summed E-state index contributed by atoms with van der Waals surface area (Å²) in [6.45, 7) is 8.02. The van der Waals surface area contributed by atoms with E-state index in [1.807, 2.05) is 18.2 Å². The van der Waals surface area contributed by atoms with Crippen molar-refractivity contribution in [2.45, 2.75) is 39.7 Å². The second kappa shape index (κ2) is 9.25. The van der Waals surface area contributed by atoms with Crippen LogP contribution in [0.15, 0.2) is 66.7 Å². The number of aromatic nitrogens is 2. The summed E-state index contributed by atoms with van der Waals surface area (Å²) in [5.74, 6) is 3.26. The van der Waals surface area contributed by atoms with Crippen LogP contribution in [-0.2, 0) is 6.54 Å². The predicted molar refractivity (Wildman–Crippen MR) is 127 cm³/mol. The molecule has 31 heavy (non-hydrogen) atoms. The maximum Gasteiger partial charge on any atom is 0.141 e. The lowest BCUT2D eigenvalue weighted by molar-refractivity contribution is 0.298. The number of hydrogen-bond donors (Lipinski definition) is 0. The monoisotopic (exact) mass is 414 g/mol. The first-order valence-electron chi connectivity index (χ1n) is 10.9. The van der Waals surface area contributed by atoms with Crippen molar-refractivity contribution < 1.29 is 9.47 Å². The van der Waals surface area contributed by atoms with E-state index in [4.69, 9.17) is 14.5 Å². The summed E-state index contributed by atoms with van der Waals surface area (Å²) in [5.41, 5.74) is 5.72. The summed E-state index contributed by atoms with van der Waals surface area (Å²) >= 11 is 0. The molecule has 0 aliphatic rings. The summed E-state index contributed by atoms with van der Waals surface area (Å²) in [4.78, 5) is 4.91. The number of ether oxygens (including phenoxy) is 2. The van der Waals surface area contributed by atoms with Gasteiger partial charge in [0.2, 0.25) is 0 Å². The number of rotatable bonds is 8. The van der Waals surface area contributed by atoms with Gasteiger partial charge in [0, 0.05) is 12.1 Å². The van der Waals surface area contributed by atoms with Gasteiger partial charge < -0.3 is 14.0 Å². The van der Waals surface area contributed by atoms with Gasteiger partial charge in [-0.15, -0.1) is 0 Å². The zero-order valence-corrected chi connectivity index (χ0v) is 18.8. The maximum atomic E-state index is 6.22. The van der Waals surface area contributed by atoms with Crippen LogP contribution in [0.2, 0.25) is 0 Å². The highest BCUT2D eigenvalue weighted by atomic mass is 16.5. The van der Waals surface area contributed by atoms with Crippen molar-refractivity contribution >= 4 is 11.0 Å². The van der Waals surface area contributed by atoms with E-state index < -0.39 is 0 Å². The highest BCUT2D eigenvalue weighted by molar-refractivity contribution is 5.80. The molecule has 4 rings (SSSR count). The summed E-state index contributed by atoms with van der Waals surface area (Å²) in [7, 11) is 1.68. The Bertz CT molecular complexity index is 1160. The van der Waals surface area contributed by atoms with Crippen LogP contribution in [-0.4, -0.2) is 23.3 Å². The van der Waals surface area contributed by atoms with Crippen molar-refractivity contribution in [3.63, 3.8) is 0 Å². The molecule has 0 saturated heterocycles. The number of methoxy groups -OCH3 is 1. The molecule has 0 spiro atoms. The zero-order chi connectivity index (χ0) is 21.8. The first-order valence-corrected chi connectivity index (χ1v) is 10.9. The van der Waals surface area contributed by atoms with E-state index in [9.17, 15) is 0 Å². The lowest BCUT2D eigenvalue weighted by Gasteiger charge is -2.15. The fraction of sp³-hybridized carbons (Fsp3) is 0.296. The van der Waals surface area contributed by atoms with Crippen molar-refractivity contribution in [2.24, 2.45) is 0 Å². The van der Waals surface area contributed by atoms with Crippen LogP contribution in [0.3, 0.4) is 0 Å². The normalized spacial score (nSPS) is 11.3. The van der Waals surface area contributed by atoms with Gasteiger partial charge in [-0.1, -0.05) is 38.1 Å². The molecule has 0 radical (unpaired) electrons. The van der Waals surface area contributed by atoms with Gasteiger partial charge in [-0.25, -0.2) is 4.98 Å². The van der Waals surface area contributed by atoms with Crippen molar-refractivity contribution in [3.8, 4) is 22.9 Å². The van der Waals surface area contributed by atoms with E-state index in [0.717, 1.165) is 46.9 Å². The summed E-state index contributed by atoms with van der Waals surface area (Å²) in [6.07, 6.45) is 0.898. The van der Waals surface area contributed by atoms with Gasteiger partial charge in [0.1, 0.15) is 17.3 Å². The molecule has 4 heteroatoms. The lowest BCUT2D eigenvalue weighted by atomic mass is 10.0. The summed E-state index contributed by atoms with van der Waals surface area (Å²) in [6, 6.07) is 22.9. The summed E-state index contributed by atoms with van der Waals surface area (Å²) in [5, 5.41) is 0. The topological polar surface area (TPSA) is 36.3 Å². The standard InChI is InChI=1S/C27H30N2O2/c1-19(2)23-15-10-20(3)18-26(23)31-17-7-16-29-25-9-6-5-8-24(25)28-27(29)21-11-13-22(30-4)14-12-21/h5-6,8-15,18-19H,7,16-17H2,1-4H3. The molecule has 0 N–H and O–H groups in total. The molecule has 3 aromatic carbocycles. The smallest absolute Gasteiger partial charge is 0.141 e. The third-order valence-corrected chi connectivity index (χ3v) is 5.58. The fourth-order valence-electron chi connectivity index (χ4n) is 3.91. The highest BCUT2D eigenvalue weighted by Crippen LogP contribution is 2.29. The maximum absolute atomic E-state index is 6.22. The number of para-hydroxylation sites is 2. The Morgan fingerprint density at radius 2 is 1.74 bits per heavy atom. The number of imidazole rings is 1. The highest BCUT2D eigenvalue weighted by Gasteiger charge is 2.13. The van der Waals surface area contributed by atoms with E-state index in [2.05, 4.69) is 73.9 Å². The first-order chi connectivity index (χ1) is 15.1. The molecule has 0 aliphatic heterocycles. The van der Waals surface area contributed by atoms with Crippen molar-refractivity contribution in [3.05, 3.63) is 77.9 Å². The van der Waals surface area contributed by atoms with E-state index in [-0.39, 0.29) is 0 Å². The van der Waals surface area contributed by atoms with Crippen LogP contribution < -0.4 is 9.47 Å². The molecule has 160 valence electrons. The average Bonchev–Trinajstić information content (AvgIpc) is 3.15. The number of fused-ring (bicyclic) bond motifs is 1. The van der Waals surface area contributed by atoms with Crippen molar-refractivity contribution in [2.75, 3.05) is 13.7 Å². The fourth-order valence-corrected chi connectivity index (χ4v) is 3.91. The molecular weight excluding hydrogens is 384 g/mol. The largest absolute Gasteiger partial charge is 0.497 e. The Kier molecular flexibility index (Phi) is 6.26. The molecule has 1 heterocycles. The number of nitrogens with zero attached hydrogens (tertiary/aromatic N) is 2. The Morgan fingerprint density at radius 1 is 0.968 bits per heavy atom. The minimum absolute atomic E-state index is 0.440. The Morgan fingerprint density at radius 3 is 2.48 bits per heavy atom. The van der Waals surface area contributed by atoms with Gasteiger partial charge in [0.15, 0.2) is 0 Å². The molecule has 0 atom stereocenters. The van der Waals surface area contributed by atoms with Gasteiger partial charge in [-0.2, -0.15) is 0 Å². The molecule has 0 bridgehead atoms. The Labute approximate surface area is 184 Å². The van der Waals surface area contributed by atoms with Gasteiger partial charge >= 0.3 is 0 Å². The van der Waals surface area contributed by atoms with Gasteiger partial charge in [-0.05, 0) is 72.9 Å². The van der Waals surface area contributed by atoms with E-state index in [0.29, 0.717) is 12.5 Å². The van der Waals surface area contributed by atoms with Crippen molar-refractivity contribution in [1.29, 1.82) is 0 Å². The van der Waals surface area contributed by atoms with Crippen LogP contribution in [0.5, 0.6) is 11.5 Å². The zero-order valence-electron chi connectivity index (χ0n) is 18.8. The van der Waals surface area contributed by atoms with Crippen LogP contribution in [0.4, 0.5) is 0 Å². The third-order valence-electron chi connectivity index (χ3n) is 5.58. The van der Waals surface area contributed by atoms with Gasteiger partial charge in [-0.3, -0.25) is 0 Å². The molecule has 0 saturated carbocycles. The van der Waals surface area contributed by atoms with Crippen LogP contribution in [0.25, 0.3) is 22.4 Å². The molecular formula is C27H30N2O2. The van der Waals surface area contributed by atoms with Gasteiger partial charge in [0.05, 0.1) is 24.8 Å². The van der Waals surface area contributed by atoms with Crippen LogP contribution in [0.1, 0.15) is 37.3 Å². The van der Waals surface area contributed by atoms with Gasteiger partial charge in [0.25, 0.3) is 0 Å². The second-order valence-corrected chi connectivity index (χ2v) is 8.20. The predicted octanol–water partition coefficient (Wildman–Crippen LogP) is 6.61. The minimum atomic E-state index is 0.440. The summed E-state index contributed by atoms with van der Waals surface area (Å²) < 4.78 is 13.8. The minimum Gasteiger partial charge on any atom is -0.497 e. The molecule has 0 fully saturated rings. The quantitative estimate of drug-likeness (QED) is 0.304. The molecule has 4 aromatic rings. The lowest BCUT2D eigenvalue weighted by Crippen LogP contribution is -2.07. The average molecular weight is 415 g/mol. The molecule has 0 aliphatic carbocycles. The Balaban J connectivity index is 1.54. The van der Waals surface area contributed by atoms with Crippen LogP contribution in [0, 0.1) is 6.92 Å². The molecule has 4 nitrogen and oxygen atoms in total.